The molecule has 38 heavy (non-hydrogen) atoms. The molecule has 0 spiro atoms. The molecule has 8 heteroatoms. The highest BCUT2D eigenvalue weighted by molar-refractivity contribution is 5.66. The molecule has 4 rings (SSSR count). The maximum atomic E-state index is 12.1. The Balaban J connectivity index is 1.46. The molecule has 3 fully saturated rings. The predicted molar refractivity (Wildman–Crippen MR) is 144 cm³/mol. The summed E-state index contributed by atoms with van der Waals surface area (Å²) >= 11 is 0. The molecule has 11 unspecified atom stereocenters. The van der Waals surface area contributed by atoms with E-state index in [1.165, 1.54) is 26.7 Å². The number of hydrogen-bond donors (Lipinski definition) is 3. The van der Waals surface area contributed by atoms with Crippen molar-refractivity contribution in [2.45, 2.75) is 115 Å². The molecule has 11 atom stereocenters. The number of rotatable bonds is 10. The first-order valence-corrected chi connectivity index (χ1v) is 15.1. The van der Waals surface area contributed by atoms with Gasteiger partial charge in [0.2, 0.25) is 0 Å². The van der Waals surface area contributed by atoms with Crippen LogP contribution >= 0.6 is 0 Å². The molecule has 216 valence electrons. The van der Waals surface area contributed by atoms with Crippen LogP contribution in [0.1, 0.15) is 84.5 Å². The van der Waals surface area contributed by atoms with Crippen molar-refractivity contribution in [3.8, 4) is 0 Å². The molecular weight excluding hydrogens is 484 g/mol. The number of quaternary nitrogens is 1. The number of carbonyl (C=O) groups excluding carboxylic acids is 2. The van der Waals surface area contributed by atoms with Crippen molar-refractivity contribution in [2.75, 3.05) is 13.7 Å². The number of fused-ring (bicyclic) bond motifs is 2. The summed E-state index contributed by atoms with van der Waals surface area (Å²) in [7, 11) is 1.68. The smallest absolute Gasteiger partial charge is 0.302 e. The summed E-state index contributed by atoms with van der Waals surface area (Å²) in [5.41, 5.74) is 6.30. The van der Waals surface area contributed by atoms with E-state index in [9.17, 15) is 14.7 Å². The molecule has 2 bridgehead atoms. The van der Waals surface area contributed by atoms with E-state index in [1.54, 1.807) is 7.11 Å². The van der Waals surface area contributed by atoms with Crippen LogP contribution in [0.15, 0.2) is 12.2 Å². The third-order valence-corrected chi connectivity index (χ3v) is 9.91. The Kier molecular flexibility index (Phi) is 10.7. The van der Waals surface area contributed by atoms with Crippen molar-refractivity contribution in [3.05, 3.63) is 12.2 Å². The van der Waals surface area contributed by atoms with Gasteiger partial charge >= 0.3 is 11.9 Å². The first kappa shape index (κ1) is 29.5. The molecule has 3 aliphatic carbocycles. The zero-order chi connectivity index (χ0) is 27.2. The number of aliphatic hydroxyl groups is 1. The maximum Gasteiger partial charge on any atom is 0.302 e. The van der Waals surface area contributed by atoms with Gasteiger partial charge in [0.15, 0.2) is 0 Å². The average molecular weight is 536 g/mol. The van der Waals surface area contributed by atoms with Crippen LogP contribution < -0.4 is 11.1 Å². The SMILES string of the molecule is COC1CC(CCC(CC(OC(C)=O)C2C=CC3CCCC2C3)OC(C)=O)C(C2CC[NH2+]C(N)C2)CC1O. The van der Waals surface area contributed by atoms with E-state index in [2.05, 4.69) is 17.5 Å². The van der Waals surface area contributed by atoms with Crippen molar-refractivity contribution in [1.29, 1.82) is 0 Å². The van der Waals surface area contributed by atoms with Gasteiger partial charge < -0.3 is 24.6 Å². The van der Waals surface area contributed by atoms with E-state index in [0.717, 1.165) is 51.5 Å². The van der Waals surface area contributed by atoms with Crippen LogP contribution in [0.3, 0.4) is 0 Å². The largest absolute Gasteiger partial charge is 0.462 e. The molecule has 1 heterocycles. The molecule has 0 aromatic rings. The minimum atomic E-state index is -0.460. The average Bonchev–Trinajstić information content (AvgIpc) is 2.87. The van der Waals surface area contributed by atoms with Gasteiger partial charge in [0, 0.05) is 39.7 Å². The van der Waals surface area contributed by atoms with Crippen LogP contribution in [-0.2, 0) is 23.8 Å². The van der Waals surface area contributed by atoms with Gasteiger partial charge in [-0.3, -0.25) is 15.3 Å². The van der Waals surface area contributed by atoms with Crippen molar-refractivity contribution >= 4 is 11.9 Å². The highest BCUT2D eigenvalue weighted by Gasteiger charge is 2.43. The van der Waals surface area contributed by atoms with Gasteiger partial charge in [-0.05, 0) is 81.0 Å². The Bertz CT molecular complexity index is 821. The third-order valence-electron chi connectivity index (χ3n) is 9.91. The number of nitrogens with two attached hydrogens (primary N) is 2. The summed E-state index contributed by atoms with van der Waals surface area (Å²) in [5.74, 6) is 1.97. The van der Waals surface area contributed by atoms with E-state index in [-0.39, 0.29) is 42.3 Å². The number of esters is 2. The quantitative estimate of drug-likeness (QED) is 0.290. The van der Waals surface area contributed by atoms with Gasteiger partial charge in [-0.1, -0.05) is 18.6 Å². The summed E-state index contributed by atoms with van der Waals surface area (Å²) in [6.07, 6.45) is 13.9. The summed E-state index contributed by atoms with van der Waals surface area (Å²) in [4.78, 5) is 24.3. The molecule has 0 aromatic carbocycles. The fraction of sp³-hybridized carbons (Fsp3) is 0.867. The van der Waals surface area contributed by atoms with Crippen molar-refractivity contribution in [1.82, 2.24) is 0 Å². The van der Waals surface area contributed by atoms with Gasteiger partial charge in [-0.25, -0.2) is 0 Å². The lowest BCUT2D eigenvalue weighted by molar-refractivity contribution is -0.699. The van der Waals surface area contributed by atoms with E-state index >= 15 is 0 Å². The number of aliphatic hydroxyl groups excluding tert-OH is 1. The Hall–Kier alpha value is -1.48. The molecule has 1 aliphatic heterocycles. The van der Waals surface area contributed by atoms with Crippen LogP contribution in [-0.4, -0.2) is 61.3 Å². The van der Waals surface area contributed by atoms with Crippen LogP contribution in [0.4, 0.5) is 0 Å². The van der Waals surface area contributed by atoms with E-state index in [1.807, 2.05) is 0 Å². The molecule has 1 saturated heterocycles. The molecule has 0 radical (unpaired) electrons. The molecule has 2 saturated carbocycles. The Labute approximate surface area is 228 Å². The zero-order valence-corrected chi connectivity index (χ0v) is 23.6. The fourth-order valence-electron chi connectivity index (χ4n) is 8.17. The summed E-state index contributed by atoms with van der Waals surface area (Å²) < 4.78 is 17.4. The van der Waals surface area contributed by atoms with E-state index in [4.69, 9.17) is 19.9 Å². The van der Waals surface area contributed by atoms with Gasteiger partial charge in [-0.2, -0.15) is 0 Å². The number of hydrogen-bond acceptors (Lipinski definition) is 7. The minimum Gasteiger partial charge on any atom is -0.462 e. The molecule has 4 aliphatic rings. The second kappa shape index (κ2) is 13.7. The summed E-state index contributed by atoms with van der Waals surface area (Å²) in [6, 6.07) is 0. The Morgan fingerprint density at radius 2 is 1.82 bits per heavy atom. The number of carbonyl (C=O) groups is 2. The van der Waals surface area contributed by atoms with Crippen molar-refractivity contribution in [3.63, 3.8) is 0 Å². The molecule has 8 nitrogen and oxygen atoms in total. The van der Waals surface area contributed by atoms with E-state index in [0.29, 0.717) is 42.4 Å². The lowest BCUT2D eigenvalue weighted by Gasteiger charge is -2.44. The minimum absolute atomic E-state index is 0.118. The third kappa shape index (κ3) is 7.80. The lowest BCUT2D eigenvalue weighted by Crippen LogP contribution is -2.94. The number of ether oxygens (including phenoxy) is 3. The number of piperidine rings is 1. The number of allylic oxidation sites excluding steroid dienone is 1. The maximum absolute atomic E-state index is 12.1. The Morgan fingerprint density at radius 1 is 1.03 bits per heavy atom. The van der Waals surface area contributed by atoms with E-state index < -0.39 is 6.10 Å². The first-order valence-electron chi connectivity index (χ1n) is 15.1. The van der Waals surface area contributed by atoms with Crippen LogP contribution in [0.5, 0.6) is 0 Å². The second-order valence-electron chi connectivity index (χ2n) is 12.6. The highest BCUT2D eigenvalue weighted by atomic mass is 16.6. The Morgan fingerprint density at radius 3 is 2.53 bits per heavy atom. The van der Waals surface area contributed by atoms with Gasteiger partial charge in [0.1, 0.15) is 18.4 Å². The van der Waals surface area contributed by atoms with Crippen LogP contribution in [0.25, 0.3) is 0 Å². The lowest BCUT2D eigenvalue weighted by atomic mass is 9.66. The van der Waals surface area contributed by atoms with Gasteiger partial charge in [-0.15, -0.1) is 0 Å². The van der Waals surface area contributed by atoms with Gasteiger partial charge in [0.25, 0.3) is 0 Å². The number of methoxy groups -OCH3 is 1. The monoisotopic (exact) mass is 535 g/mol. The fourth-order valence-corrected chi connectivity index (χ4v) is 8.17. The first-order chi connectivity index (χ1) is 18.2. The zero-order valence-electron chi connectivity index (χ0n) is 23.6. The summed E-state index contributed by atoms with van der Waals surface area (Å²) in [5, 5.41) is 13.0. The normalized spacial score (nSPS) is 38.7. The van der Waals surface area contributed by atoms with Crippen molar-refractivity contribution < 1.29 is 34.2 Å². The standard InChI is InChI=1S/C30H50N2O6/c1-18(33)37-24(16-28(38-19(2)34)25-10-7-20-5-4-6-21(25)13-20)9-8-22-14-29(36-3)27(35)17-26(22)23-11-12-32-30(31)15-23/h7,10,20-30,32,35H,4-6,8-9,11-17,31H2,1-3H3/p+1. The highest BCUT2D eigenvalue weighted by Crippen LogP contribution is 2.44. The van der Waals surface area contributed by atoms with Crippen LogP contribution in [0.2, 0.25) is 0 Å². The molecule has 0 aromatic heterocycles. The van der Waals surface area contributed by atoms with Crippen LogP contribution in [0, 0.1) is 35.5 Å². The summed E-state index contributed by atoms with van der Waals surface area (Å²) in [6.45, 7) is 3.95. The van der Waals surface area contributed by atoms with Gasteiger partial charge in [0.05, 0.1) is 18.8 Å². The second-order valence-corrected chi connectivity index (χ2v) is 12.6. The topological polar surface area (TPSA) is 125 Å². The predicted octanol–water partition coefficient (Wildman–Crippen LogP) is 2.67. The molecule has 0 amide bonds. The molecule has 5 N–H and O–H groups in total. The van der Waals surface area contributed by atoms with Crippen molar-refractivity contribution in [2.24, 2.45) is 41.2 Å². The molecular formula is C30H51N2O6+.